The average molecular weight is 561 g/mol. The van der Waals surface area contributed by atoms with Gasteiger partial charge in [-0.25, -0.2) is 9.97 Å². The van der Waals surface area contributed by atoms with E-state index in [1.165, 1.54) is 0 Å². The zero-order chi connectivity index (χ0) is 27.5. The fourth-order valence-electron chi connectivity index (χ4n) is 5.71. The van der Waals surface area contributed by atoms with Crippen molar-refractivity contribution < 1.29 is 14.3 Å². The molecule has 2 amide bonds. The van der Waals surface area contributed by atoms with E-state index in [4.69, 9.17) is 16.3 Å². The summed E-state index contributed by atoms with van der Waals surface area (Å²) >= 11 is 6.48. The molecule has 9 nitrogen and oxygen atoms in total. The Kier molecular flexibility index (Phi) is 7.84. The molecule has 0 aliphatic carbocycles. The summed E-state index contributed by atoms with van der Waals surface area (Å²) in [7, 11) is 0. The maximum atomic E-state index is 13.3. The minimum atomic E-state index is -0.160. The molecule has 1 unspecified atom stereocenters. The summed E-state index contributed by atoms with van der Waals surface area (Å²) in [6, 6.07) is 16.2. The summed E-state index contributed by atoms with van der Waals surface area (Å²) < 4.78 is 5.43. The number of aromatic nitrogens is 2. The monoisotopic (exact) mass is 560 g/mol. The van der Waals surface area contributed by atoms with Crippen molar-refractivity contribution >= 4 is 35.1 Å². The third-order valence-electron chi connectivity index (χ3n) is 7.80. The Morgan fingerprint density at radius 3 is 2.73 bits per heavy atom. The Labute approximate surface area is 238 Å². The Hall–Kier alpha value is -3.69. The third-order valence-corrected chi connectivity index (χ3v) is 8.08. The number of halogens is 1. The molecule has 0 saturated carbocycles. The van der Waals surface area contributed by atoms with E-state index in [1.807, 2.05) is 36.4 Å². The second-order valence-corrected chi connectivity index (χ2v) is 11.0. The van der Waals surface area contributed by atoms with Gasteiger partial charge in [0.25, 0.3) is 5.91 Å². The normalized spacial score (nSPS) is 19.4. The van der Waals surface area contributed by atoms with Gasteiger partial charge >= 0.3 is 0 Å². The van der Waals surface area contributed by atoms with Crippen LogP contribution in [0.1, 0.15) is 41.6 Å². The number of ether oxygens (including phenoxy) is 1. The molecule has 3 aliphatic heterocycles. The molecule has 0 bridgehead atoms. The summed E-state index contributed by atoms with van der Waals surface area (Å²) in [5.74, 6) is 0.209. The molecule has 2 fully saturated rings. The molecule has 0 radical (unpaired) electrons. The van der Waals surface area contributed by atoms with Crippen molar-refractivity contribution in [2.45, 2.75) is 44.3 Å². The Morgan fingerprint density at radius 2 is 1.90 bits per heavy atom. The van der Waals surface area contributed by atoms with E-state index < -0.39 is 0 Å². The summed E-state index contributed by atoms with van der Waals surface area (Å²) in [6.07, 6.45) is 5.31. The van der Waals surface area contributed by atoms with Crippen molar-refractivity contribution in [2.75, 3.05) is 43.1 Å². The maximum absolute atomic E-state index is 13.3. The summed E-state index contributed by atoms with van der Waals surface area (Å²) in [5.41, 5.74) is 3.94. The minimum Gasteiger partial charge on any atom is -0.381 e. The van der Waals surface area contributed by atoms with Gasteiger partial charge in [-0.1, -0.05) is 41.9 Å². The van der Waals surface area contributed by atoms with Crippen LogP contribution in [0.5, 0.6) is 0 Å². The molecular weight excluding hydrogens is 528 g/mol. The number of carbonyl (C=O) groups excluding carboxylic acids is 2. The molecule has 2 aromatic carbocycles. The van der Waals surface area contributed by atoms with Crippen LogP contribution >= 0.6 is 11.6 Å². The SMILES string of the molecule is O=C(CN1Cc2ccc(-c3nc(NC4CCOCC4)ncc3Cl)cc2C1=O)NC1CCCN(c2ccccc2)C1. The molecule has 1 aromatic heterocycles. The Bertz CT molecular complexity index is 1380. The molecule has 208 valence electrons. The number of benzene rings is 2. The number of piperidine rings is 1. The van der Waals surface area contributed by atoms with Crippen LogP contribution in [-0.2, 0) is 16.1 Å². The van der Waals surface area contributed by atoms with Crippen LogP contribution in [0.2, 0.25) is 5.02 Å². The molecule has 6 rings (SSSR count). The lowest BCUT2D eigenvalue weighted by atomic mass is 10.0. The first-order valence-electron chi connectivity index (χ1n) is 13.9. The fourth-order valence-corrected chi connectivity index (χ4v) is 5.91. The van der Waals surface area contributed by atoms with E-state index in [0.717, 1.165) is 55.6 Å². The number of para-hydroxylation sites is 1. The molecule has 4 heterocycles. The summed E-state index contributed by atoms with van der Waals surface area (Å²) in [6.45, 7) is 3.59. The lowest BCUT2D eigenvalue weighted by molar-refractivity contribution is -0.122. The number of hydrogen-bond acceptors (Lipinski definition) is 7. The van der Waals surface area contributed by atoms with Gasteiger partial charge in [0, 0.05) is 61.7 Å². The Morgan fingerprint density at radius 1 is 1.07 bits per heavy atom. The molecule has 2 saturated heterocycles. The zero-order valence-electron chi connectivity index (χ0n) is 22.3. The Balaban J connectivity index is 1.09. The van der Waals surface area contributed by atoms with Gasteiger partial charge < -0.3 is 25.2 Å². The van der Waals surface area contributed by atoms with E-state index in [-0.39, 0.29) is 30.4 Å². The van der Waals surface area contributed by atoms with Crippen LogP contribution in [0, 0.1) is 0 Å². The first-order chi connectivity index (χ1) is 19.5. The van der Waals surface area contributed by atoms with Gasteiger partial charge in [-0.15, -0.1) is 0 Å². The number of carbonyl (C=O) groups is 2. The van der Waals surface area contributed by atoms with Crippen molar-refractivity contribution in [3.05, 3.63) is 70.9 Å². The number of anilines is 2. The molecule has 2 N–H and O–H groups in total. The first kappa shape index (κ1) is 26.5. The number of hydrogen-bond donors (Lipinski definition) is 2. The van der Waals surface area contributed by atoms with E-state index in [9.17, 15) is 9.59 Å². The molecule has 3 aliphatic rings. The van der Waals surface area contributed by atoms with E-state index in [1.54, 1.807) is 11.1 Å². The number of nitrogens with zero attached hydrogens (tertiary/aromatic N) is 4. The van der Waals surface area contributed by atoms with Crippen molar-refractivity contribution in [1.29, 1.82) is 0 Å². The van der Waals surface area contributed by atoms with E-state index in [0.29, 0.717) is 42.0 Å². The highest BCUT2D eigenvalue weighted by Gasteiger charge is 2.30. The topological polar surface area (TPSA) is 99.7 Å². The minimum absolute atomic E-state index is 0.0259. The van der Waals surface area contributed by atoms with Gasteiger partial charge in [0.1, 0.15) is 6.54 Å². The highest BCUT2D eigenvalue weighted by Crippen LogP contribution is 2.32. The predicted octanol–water partition coefficient (Wildman–Crippen LogP) is 4.13. The van der Waals surface area contributed by atoms with E-state index >= 15 is 0 Å². The summed E-state index contributed by atoms with van der Waals surface area (Å²) in [4.78, 5) is 39.2. The van der Waals surface area contributed by atoms with Crippen LogP contribution in [0.3, 0.4) is 0 Å². The second-order valence-electron chi connectivity index (χ2n) is 10.6. The lowest BCUT2D eigenvalue weighted by Gasteiger charge is -2.35. The van der Waals surface area contributed by atoms with Gasteiger partial charge in [0.15, 0.2) is 0 Å². The van der Waals surface area contributed by atoms with Crippen LogP contribution in [0.4, 0.5) is 11.6 Å². The van der Waals surface area contributed by atoms with Crippen LogP contribution in [-0.4, -0.2) is 71.6 Å². The quantitative estimate of drug-likeness (QED) is 0.448. The highest BCUT2D eigenvalue weighted by molar-refractivity contribution is 6.33. The summed E-state index contributed by atoms with van der Waals surface area (Å²) in [5, 5.41) is 6.94. The number of rotatable bonds is 7. The molecule has 3 aromatic rings. The maximum Gasteiger partial charge on any atom is 0.254 e. The van der Waals surface area contributed by atoms with Gasteiger partial charge in [-0.2, -0.15) is 0 Å². The smallest absolute Gasteiger partial charge is 0.254 e. The van der Waals surface area contributed by atoms with Crippen molar-refractivity contribution in [2.24, 2.45) is 0 Å². The standard InChI is InChI=1S/C30H33ClN6O3/c31-26-16-32-30(34-22-10-13-40-14-11-22)35-28(26)20-8-9-21-17-37(29(39)25(21)15-20)19-27(38)33-23-5-4-12-36(18-23)24-6-2-1-3-7-24/h1-3,6-9,15-16,22-23H,4-5,10-14,17-19H2,(H,33,38)(H,32,34,35). The number of nitrogens with one attached hydrogen (secondary N) is 2. The van der Waals surface area contributed by atoms with E-state index in [2.05, 4.69) is 37.6 Å². The van der Waals surface area contributed by atoms with Crippen LogP contribution < -0.4 is 15.5 Å². The van der Waals surface area contributed by atoms with Crippen molar-refractivity contribution in [3.8, 4) is 11.3 Å². The van der Waals surface area contributed by atoms with Gasteiger partial charge in [-0.3, -0.25) is 9.59 Å². The van der Waals surface area contributed by atoms with Crippen molar-refractivity contribution in [3.63, 3.8) is 0 Å². The van der Waals surface area contributed by atoms with Gasteiger partial charge in [-0.05, 0) is 49.4 Å². The number of fused-ring (bicyclic) bond motifs is 1. The number of amides is 2. The molecule has 10 heteroatoms. The molecule has 0 spiro atoms. The van der Waals surface area contributed by atoms with Gasteiger partial charge in [0.2, 0.25) is 11.9 Å². The molecule has 1 atom stereocenters. The predicted molar refractivity (Wildman–Crippen MR) is 155 cm³/mol. The van der Waals surface area contributed by atoms with Crippen LogP contribution in [0.25, 0.3) is 11.3 Å². The second kappa shape index (κ2) is 11.8. The lowest BCUT2D eigenvalue weighted by Crippen LogP contribution is -2.50. The third kappa shape index (κ3) is 5.90. The average Bonchev–Trinajstić information content (AvgIpc) is 3.29. The highest BCUT2D eigenvalue weighted by atomic mass is 35.5. The first-order valence-corrected chi connectivity index (χ1v) is 14.3. The van der Waals surface area contributed by atoms with Gasteiger partial charge in [0.05, 0.1) is 16.9 Å². The largest absolute Gasteiger partial charge is 0.381 e. The van der Waals surface area contributed by atoms with Crippen LogP contribution in [0.15, 0.2) is 54.7 Å². The fraction of sp³-hybridized carbons (Fsp3) is 0.400. The van der Waals surface area contributed by atoms with Crippen molar-refractivity contribution in [1.82, 2.24) is 20.2 Å². The molecule has 40 heavy (non-hydrogen) atoms. The molecular formula is C30H33ClN6O3. The zero-order valence-corrected chi connectivity index (χ0v) is 23.1.